The first-order valence-corrected chi connectivity index (χ1v) is 7.78. The first-order valence-electron chi connectivity index (χ1n) is 7.40. The van der Waals surface area contributed by atoms with Gasteiger partial charge in [0.05, 0.1) is 12.6 Å². The van der Waals surface area contributed by atoms with Crippen LogP contribution in [0.3, 0.4) is 0 Å². The molecule has 1 aromatic carbocycles. The highest BCUT2D eigenvalue weighted by Gasteiger charge is 2.18. The molecule has 0 spiro atoms. The second-order valence-electron chi connectivity index (χ2n) is 5.58. The lowest BCUT2D eigenvalue weighted by Crippen LogP contribution is -2.39. The van der Waals surface area contributed by atoms with E-state index in [1.165, 1.54) is 0 Å². The highest BCUT2D eigenvalue weighted by Crippen LogP contribution is 2.20. The van der Waals surface area contributed by atoms with Gasteiger partial charge in [0.15, 0.2) is 0 Å². The Morgan fingerprint density at radius 3 is 2.81 bits per heavy atom. The first kappa shape index (κ1) is 16.3. The van der Waals surface area contributed by atoms with Crippen LogP contribution < -0.4 is 5.32 Å². The van der Waals surface area contributed by atoms with Crippen molar-refractivity contribution in [3.05, 3.63) is 34.9 Å². The van der Waals surface area contributed by atoms with Gasteiger partial charge < -0.3 is 10.1 Å². The predicted octanol–water partition coefficient (Wildman–Crippen LogP) is 2.63. The van der Waals surface area contributed by atoms with Crippen LogP contribution in [0.2, 0.25) is 5.02 Å². The van der Waals surface area contributed by atoms with E-state index < -0.39 is 0 Å². The quantitative estimate of drug-likeness (QED) is 0.878. The number of nitrogens with zero attached hydrogens (tertiary/aromatic N) is 1. The fourth-order valence-corrected chi connectivity index (χ4v) is 2.57. The minimum Gasteiger partial charge on any atom is -0.376 e. The van der Waals surface area contributed by atoms with Gasteiger partial charge in [-0.3, -0.25) is 9.69 Å². The maximum absolute atomic E-state index is 12.0. The van der Waals surface area contributed by atoms with E-state index in [1.54, 1.807) is 0 Å². The molecule has 0 radical (unpaired) electrons. The fraction of sp³-hybridized carbons (Fsp3) is 0.562. The number of carbonyl (C=O) groups is 1. The molecule has 2 unspecified atom stereocenters. The molecule has 116 valence electrons. The summed E-state index contributed by atoms with van der Waals surface area (Å²) in [5.74, 6) is 0.0359. The summed E-state index contributed by atoms with van der Waals surface area (Å²) in [6, 6.07) is 7.90. The van der Waals surface area contributed by atoms with Crippen molar-refractivity contribution in [2.75, 3.05) is 26.7 Å². The normalized spacial score (nSPS) is 19.7. The van der Waals surface area contributed by atoms with Crippen LogP contribution in [-0.4, -0.2) is 43.7 Å². The molecule has 2 atom stereocenters. The maximum atomic E-state index is 12.0. The summed E-state index contributed by atoms with van der Waals surface area (Å²) < 4.78 is 5.50. The lowest BCUT2D eigenvalue weighted by Gasteiger charge is -2.24. The number of likely N-dealkylation sites (N-methyl/N-ethyl adjacent to an activating group) is 1. The van der Waals surface area contributed by atoms with Crippen LogP contribution in [-0.2, 0) is 9.53 Å². The number of carbonyl (C=O) groups excluding carboxylic acids is 1. The molecule has 1 fully saturated rings. The smallest absolute Gasteiger partial charge is 0.234 e. The van der Waals surface area contributed by atoms with Gasteiger partial charge in [0, 0.05) is 24.2 Å². The number of nitrogens with one attached hydrogen (secondary N) is 1. The summed E-state index contributed by atoms with van der Waals surface area (Å²) in [4.78, 5) is 14.0. The van der Waals surface area contributed by atoms with Gasteiger partial charge in [0.1, 0.15) is 0 Å². The third kappa shape index (κ3) is 4.99. The highest BCUT2D eigenvalue weighted by atomic mass is 35.5. The summed E-state index contributed by atoms with van der Waals surface area (Å²) >= 11 is 5.89. The van der Waals surface area contributed by atoms with Gasteiger partial charge in [-0.05, 0) is 44.5 Å². The zero-order chi connectivity index (χ0) is 15.2. The van der Waals surface area contributed by atoms with Gasteiger partial charge in [-0.2, -0.15) is 0 Å². The third-order valence-electron chi connectivity index (χ3n) is 3.96. The molecule has 0 saturated carbocycles. The molecule has 0 aliphatic carbocycles. The van der Waals surface area contributed by atoms with E-state index in [1.807, 2.05) is 36.2 Å². The molecule has 1 aromatic rings. The number of hydrogen-bond acceptors (Lipinski definition) is 3. The fourth-order valence-electron chi connectivity index (χ4n) is 2.45. The Labute approximate surface area is 131 Å². The Morgan fingerprint density at radius 1 is 1.48 bits per heavy atom. The minimum atomic E-state index is 0.0359. The lowest BCUT2D eigenvalue weighted by atomic mass is 10.1. The van der Waals surface area contributed by atoms with Gasteiger partial charge in [0.25, 0.3) is 0 Å². The number of benzene rings is 1. The standard InChI is InChI=1S/C16H23ClN2O2/c1-12(13-5-7-14(17)8-6-13)19(2)11-16(20)18-10-15-4-3-9-21-15/h5-8,12,15H,3-4,9-11H2,1-2H3,(H,18,20). The predicted molar refractivity (Wildman–Crippen MR) is 84.5 cm³/mol. The Balaban J connectivity index is 1.77. The second kappa shape index (κ2) is 7.78. The summed E-state index contributed by atoms with van der Waals surface area (Å²) in [6.07, 6.45) is 2.32. The van der Waals surface area contributed by atoms with E-state index in [4.69, 9.17) is 16.3 Å². The van der Waals surface area contributed by atoms with Crippen molar-refractivity contribution in [3.63, 3.8) is 0 Å². The number of amides is 1. The van der Waals surface area contributed by atoms with Crippen molar-refractivity contribution < 1.29 is 9.53 Å². The summed E-state index contributed by atoms with van der Waals surface area (Å²) in [7, 11) is 1.95. The van der Waals surface area contributed by atoms with Crippen LogP contribution in [0, 0.1) is 0 Å². The SMILES string of the molecule is CC(c1ccc(Cl)cc1)N(C)CC(=O)NCC1CCCO1. The van der Waals surface area contributed by atoms with Crippen LogP contribution in [0.25, 0.3) is 0 Å². The number of hydrogen-bond donors (Lipinski definition) is 1. The number of ether oxygens (including phenoxy) is 1. The zero-order valence-corrected chi connectivity index (χ0v) is 13.4. The van der Waals surface area contributed by atoms with Crippen molar-refractivity contribution in [2.45, 2.75) is 31.9 Å². The third-order valence-corrected chi connectivity index (χ3v) is 4.21. The molecule has 2 rings (SSSR count). The van der Waals surface area contributed by atoms with E-state index in [9.17, 15) is 4.79 Å². The number of rotatable bonds is 6. The van der Waals surface area contributed by atoms with Crippen LogP contribution in [0.15, 0.2) is 24.3 Å². The topological polar surface area (TPSA) is 41.6 Å². The van der Waals surface area contributed by atoms with E-state index in [0.717, 1.165) is 30.0 Å². The van der Waals surface area contributed by atoms with Gasteiger partial charge in [-0.15, -0.1) is 0 Å². The van der Waals surface area contributed by atoms with Crippen molar-refractivity contribution >= 4 is 17.5 Å². The van der Waals surface area contributed by atoms with E-state index in [-0.39, 0.29) is 18.1 Å². The number of halogens is 1. The molecular weight excluding hydrogens is 288 g/mol. The Morgan fingerprint density at radius 2 is 2.19 bits per heavy atom. The van der Waals surface area contributed by atoms with Crippen molar-refractivity contribution in [2.24, 2.45) is 0 Å². The molecular formula is C16H23ClN2O2. The van der Waals surface area contributed by atoms with E-state index >= 15 is 0 Å². The van der Waals surface area contributed by atoms with Crippen molar-refractivity contribution in [3.8, 4) is 0 Å². The highest BCUT2D eigenvalue weighted by molar-refractivity contribution is 6.30. The monoisotopic (exact) mass is 310 g/mol. The first-order chi connectivity index (χ1) is 10.1. The second-order valence-corrected chi connectivity index (χ2v) is 6.02. The molecule has 1 amide bonds. The zero-order valence-electron chi connectivity index (χ0n) is 12.6. The van der Waals surface area contributed by atoms with Gasteiger partial charge in [-0.25, -0.2) is 0 Å². The van der Waals surface area contributed by atoms with Gasteiger partial charge in [-0.1, -0.05) is 23.7 Å². The molecule has 1 N–H and O–H groups in total. The Kier molecular flexibility index (Phi) is 6.03. The average molecular weight is 311 g/mol. The molecule has 0 bridgehead atoms. The molecule has 21 heavy (non-hydrogen) atoms. The summed E-state index contributed by atoms with van der Waals surface area (Å²) in [5, 5.41) is 3.67. The molecule has 5 heteroatoms. The molecule has 1 aliphatic rings. The molecule has 0 aromatic heterocycles. The maximum Gasteiger partial charge on any atom is 0.234 e. The van der Waals surface area contributed by atoms with Crippen LogP contribution in [0.1, 0.15) is 31.4 Å². The Bertz CT molecular complexity index is 458. The van der Waals surface area contributed by atoms with Crippen molar-refractivity contribution in [1.29, 1.82) is 0 Å². The minimum absolute atomic E-state index is 0.0359. The average Bonchev–Trinajstić information content (AvgIpc) is 2.98. The van der Waals surface area contributed by atoms with Gasteiger partial charge >= 0.3 is 0 Å². The van der Waals surface area contributed by atoms with E-state index in [2.05, 4.69) is 12.2 Å². The lowest BCUT2D eigenvalue weighted by molar-refractivity contribution is -0.122. The summed E-state index contributed by atoms with van der Waals surface area (Å²) in [5.41, 5.74) is 1.15. The van der Waals surface area contributed by atoms with Crippen LogP contribution >= 0.6 is 11.6 Å². The molecule has 1 heterocycles. The largest absolute Gasteiger partial charge is 0.376 e. The van der Waals surface area contributed by atoms with Crippen LogP contribution in [0.4, 0.5) is 0 Å². The van der Waals surface area contributed by atoms with E-state index in [0.29, 0.717) is 13.1 Å². The van der Waals surface area contributed by atoms with Gasteiger partial charge in [0.2, 0.25) is 5.91 Å². The Hall–Kier alpha value is -1.10. The van der Waals surface area contributed by atoms with Crippen LogP contribution in [0.5, 0.6) is 0 Å². The molecule has 1 saturated heterocycles. The molecule has 1 aliphatic heterocycles. The summed E-state index contributed by atoms with van der Waals surface area (Å²) in [6.45, 7) is 3.88. The molecule has 4 nitrogen and oxygen atoms in total. The van der Waals surface area contributed by atoms with Crippen molar-refractivity contribution in [1.82, 2.24) is 10.2 Å².